The molecule has 0 aliphatic heterocycles. The van der Waals surface area contributed by atoms with Crippen LogP contribution in [0.5, 0.6) is 0 Å². The second-order valence-electron chi connectivity index (χ2n) is 4.90. The Morgan fingerprint density at radius 1 is 1.37 bits per heavy atom. The molecule has 0 saturated carbocycles. The lowest BCUT2D eigenvalue weighted by atomic mass is 10.2. The zero-order valence-electron chi connectivity index (χ0n) is 11.8. The van der Waals surface area contributed by atoms with Gasteiger partial charge in [-0.1, -0.05) is 0 Å². The number of hydrogen-bond donors (Lipinski definition) is 1. The Morgan fingerprint density at radius 3 is 2.79 bits per heavy atom. The van der Waals surface area contributed by atoms with Crippen LogP contribution in [0.15, 0.2) is 16.8 Å². The molecule has 0 aliphatic carbocycles. The fourth-order valence-corrected chi connectivity index (χ4v) is 2.96. The molecular formula is C14H21N3OS. The van der Waals surface area contributed by atoms with E-state index in [0.717, 1.165) is 24.5 Å². The maximum absolute atomic E-state index is 9.03. The van der Waals surface area contributed by atoms with Crippen molar-refractivity contribution in [1.82, 2.24) is 14.7 Å². The van der Waals surface area contributed by atoms with Gasteiger partial charge >= 0.3 is 0 Å². The van der Waals surface area contributed by atoms with E-state index in [1.165, 1.54) is 11.1 Å². The average molecular weight is 279 g/mol. The first-order valence-electron chi connectivity index (χ1n) is 6.45. The van der Waals surface area contributed by atoms with Crippen molar-refractivity contribution in [3.05, 3.63) is 39.3 Å². The highest BCUT2D eigenvalue weighted by atomic mass is 32.1. The molecule has 0 atom stereocenters. The van der Waals surface area contributed by atoms with E-state index in [1.54, 1.807) is 11.3 Å². The number of aliphatic hydroxyl groups excluding tert-OH is 1. The van der Waals surface area contributed by atoms with Gasteiger partial charge in [0, 0.05) is 24.3 Å². The van der Waals surface area contributed by atoms with Gasteiger partial charge in [0.05, 0.1) is 18.8 Å². The van der Waals surface area contributed by atoms with Crippen LogP contribution in [0.4, 0.5) is 0 Å². The van der Waals surface area contributed by atoms with Crippen LogP contribution in [0.1, 0.15) is 22.5 Å². The minimum Gasteiger partial charge on any atom is -0.394 e. The molecule has 0 aliphatic rings. The van der Waals surface area contributed by atoms with Gasteiger partial charge in [0.1, 0.15) is 0 Å². The Hall–Kier alpha value is -1.17. The van der Waals surface area contributed by atoms with E-state index >= 15 is 0 Å². The predicted molar refractivity (Wildman–Crippen MR) is 78.3 cm³/mol. The van der Waals surface area contributed by atoms with E-state index in [1.807, 2.05) is 11.6 Å². The molecule has 4 nitrogen and oxygen atoms in total. The van der Waals surface area contributed by atoms with Crippen molar-refractivity contribution in [2.75, 3.05) is 13.7 Å². The second kappa shape index (κ2) is 6.32. The van der Waals surface area contributed by atoms with Crippen LogP contribution in [0.2, 0.25) is 0 Å². The third kappa shape index (κ3) is 3.43. The van der Waals surface area contributed by atoms with Crippen molar-refractivity contribution in [1.29, 1.82) is 0 Å². The van der Waals surface area contributed by atoms with Crippen LogP contribution in [-0.2, 0) is 19.6 Å². The van der Waals surface area contributed by atoms with Crippen molar-refractivity contribution >= 4 is 11.3 Å². The summed E-state index contributed by atoms with van der Waals surface area (Å²) in [6.45, 7) is 6.65. The Bertz CT molecular complexity index is 519. The molecule has 0 spiro atoms. The Morgan fingerprint density at radius 2 is 2.16 bits per heavy atom. The molecule has 0 fully saturated rings. The fourth-order valence-electron chi connectivity index (χ4n) is 2.30. The quantitative estimate of drug-likeness (QED) is 0.881. The first-order chi connectivity index (χ1) is 9.11. The van der Waals surface area contributed by atoms with E-state index in [-0.39, 0.29) is 6.61 Å². The number of hydrogen-bond acceptors (Lipinski definition) is 4. The summed E-state index contributed by atoms with van der Waals surface area (Å²) in [5.74, 6) is 0. The highest BCUT2D eigenvalue weighted by Gasteiger charge is 2.13. The highest BCUT2D eigenvalue weighted by Crippen LogP contribution is 2.17. The number of aromatic nitrogens is 2. The normalized spacial score (nSPS) is 11.4. The molecule has 1 N–H and O–H groups in total. The van der Waals surface area contributed by atoms with Gasteiger partial charge in [-0.3, -0.25) is 9.58 Å². The summed E-state index contributed by atoms with van der Waals surface area (Å²) in [7, 11) is 2.12. The third-order valence-corrected chi connectivity index (χ3v) is 4.04. The number of thiophene rings is 1. The molecule has 0 aromatic carbocycles. The molecule has 0 saturated heterocycles. The average Bonchev–Trinajstić information content (AvgIpc) is 2.94. The van der Waals surface area contributed by atoms with Crippen LogP contribution in [0.25, 0.3) is 0 Å². The molecule has 0 unspecified atom stereocenters. The molecule has 19 heavy (non-hydrogen) atoms. The van der Waals surface area contributed by atoms with Crippen LogP contribution in [0.3, 0.4) is 0 Å². The van der Waals surface area contributed by atoms with Gasteiger partial charge < -0.3 is 5.11 Å². The lowest BCUT2D eigenvalue weighted by Crippen LogP contribution is -2.18. The van der Waals surface area contributed by atoms with E-state index < -0.39 is 0 Å². The van der Waals surface area contributed by atoms with Crippen LogP contribution in [-0.4, -0.2) is 33.4 Å². The van der Waals surface area contributed by atoms with E-state index in [0.29, 0.717) is 6.54 Å². The SMILES string of the molecule is Cc1nn(CCO)c(C)c1CN(C)Cc1ccsc1. The van der Waals surface area contributed by atoms with E-state index in [4.69, 9.17) is 5.11 Å². The molecule has 5 heteroatoms. The second-order valence-corrected chi connectivity index (χ2v) is 5.68. The molecular weight excluding hydrogens is 258 g/mol. The number of aliphatic hydroxyl groups is 1. The van der Waals surface area contributed by atoms with Gasteiger partial charge in [-0.25, -0.2) is 0 Å². The summed E-state index contributed by atoms with van der Waals surface area (Å²) in [4.78, 5) is 2.29. The first-order valence-corrected chi connectivity index (χ1v) is 7.39. The zero-order valence-corrected chi connectivity index (χ0v) is 12.6. The summed E-state index contributed by atoms with van der Waals surface area (Å²) in [5, 5.41) is 17.8. The maximum Gasteiger partial charge on any atom is 0.0644 e. The summed E-state index contributed by atoms with van der Waals surface area (Å²) < 4.78 is 1.89. The van der Waals surface area contributed by atoms with Crippen LogP contribution < -0.4 is 0 Å². The number of aryl methyl sites for hydroxylation is 1. The van der Waals surface area contributed by atoms with Crippen molar-refractivity contribution in [3.8, 4) is 0 Å². The number of nitrogens with zero attached hydrogens (tertiary/aromatic N) is 3. The molecule has 2 aromatic rings. The molecule has 104 valence electrons. The Labute approximate surface area is 118 Å². The third-order valence-electron chi connectivity index (χ3n) is 3.30. The van der Waals surface area contributed by atoms with Gasteiger partial charge in [-0.2, -0.15) is 16.4 Å². The topological polar surface area (TPSA) is 41.3 Å². The standard InChI is InChI=1S/C14H21N3OS/c1-11-14(12(2)17(15-11)5-6-18)9-16(3)8-13-4-7-19-10-13/h4,7,10,18H,5-6,8-9H2,1-3H3. The predicted octanol–water partition coefficient (Wildman–Crippen LogP) is 2.19. The monoisotopic (exact) mass is 279 g/mol. The fraction of sp³-hybridized carbons (Fsp3) is 0.500. The Balaban J connectivity index is 2.06. The number of rotatable bonds is 6. The summed E-state index contributed by atoms with van der Waals surface area (Å²) in [6, 6.07) is 2.16. The first kappa shape index (κ1) is 14.2. The van der Waals surface area contributed by atoms with Crippen molar-refractivity contribution in [3.63, 3.8) is 0 Å². The van der Waals surface area contributed by atoms with Crippen molar-refractivity contribution in [2.45, 2.75) is 33.5 Å². The summed E-state index contributed by atoms with van der Waals surface area (Å²) in [5.41, 5.74) is 4.84. The van der Waals surface area contributed by atoms with Gasteiger partial charge in [0.2, 0.25) is 0 Å². The van der Waals surface area contributed by atoms with Gasteiger partial charge in [0.25, 0.3) is 0 Å². The Kier molecular flexibility index (Phi) is 4.74. The van der Waals surface area contributed by atoms with Crippen LogP contribution in [0, 0.1) is 13.8 Å². The zero-order chi connectivity index (χ0) is 13.8. The molecule has 0 amide bonds. The molecule has 0 radical (unpaired) electrons. The van der Waals surface area contributed by atoms with Gasteiger partial charge in [-0.15, -0.1) is 0 Å². The molecule has 0 bridgehead atoms. The van der Waals surface area contributed by atoms with Gasteiger partial charge in [0.15, 0.2) is 0 Å². The molecule has 2 heterocycles. The molecule has 2 rings (SSSR count). The maximum atomic E-state index is 9.03. The van der Waals surface area contributed by atoms with Crippen molar-refractivity contribution < 1.29 is 5.11 Å². The van der Waals surface area contributed by atoms with E-state index in [9.17, 15) is 0 Å². The summed E-state index contributed by atoms with van der Waals surface area (Å²) in [6.07, 6.45) is 0. The summed E-state index contributed by atoms with van der Waals surface area (Å²) >= 11 is 1.73. The van der Waals surface area contributed by atoms with E-state index in [2.05, 4.69) is 40.8 Å². The molecule has 2 aromatic heterocycles. The smallest absolute Gasteiger partial charge is 0.0644 e. The minimum atomic E-state index is 0.131. The largest absolute Gasteiger partial charge is 0.394 e. The lowest BCUT2D eigenvalue weighted by Gasteiger charge is -2.16. The van der Waals surface area contributed by atoms with Gasteiger partial charge in [-0.05, 0) is 43.3 Å². The minimum absolute atomic E-state index is 0.131. The van der Waals surface area contributed by atoms with Crippen LogP contribution >= 0.6 is 11.3 Å². The van der Waals surface area contributed by atoms with Crippen molar-refractivity contribution in [2.24, 2.45) is 0 Å². The highest BCUT2D eigenvalue weighted by molar-refractivity contribution is 7.07. The lowest BCUT2D eigenvalue weighted by molar-refractivity contribution is 0.267.